The minimum absolute atomic E-state index is 0.0592. The number of rotatable bonds is 8. The van der Waals surface area contributed by atoms with Crippen LogP contribution in [-0.2, 0) is 23.1 Å². The smallest absolute Gasteiger partial charge is 0.251 e. The average molecular weight is 444 g/mol. The molecule has 1 aliphatic rings. The van der Waals surface area contributed by atoms with E-state index in [2.05, 4.69) is 16.3 Å². The van der Waals surface area contributed by atoms with Gasteiger partial charge in [-0.25, -0.2) is 8.42 Å². The third kappa shape index (κ3) is 5.93. The molecule has 0 heterocycles. The van der Waals surface area contributed by atoms with E-state index in [4.69, 9.17) is 0 Å². The van der Waals surface area contributed by atoms with Gasteiger partial charge in [0.15, 0.2) is 0 Å². The molecule has 0 aliphatic heterocycles. The van der Waals surface area contributed by atoms with Gasteiger partial charge in [0, 0.05) is 31.7 Å². The molecule has 0 unspecified atom stereocenters. The van der Waals surface area contributed by atoms with Gasteiger partial charge in [0.05, 0.1) is 4.90 Å². The van der Waals surface area contributed by atoms with Gasteiger partial charge < -0.3 is 10.2 Å². The summed E-state index contributed by atoms with van der Waals surface area (Å²) in [5, 5.41) is 2.94. The summed E-state index contributed by atoms with van der Waals surface area (Å²) in [7, 11) is 2.13. The molecule has 1 fully saturated rings. The molecule has 168 valence electrons. The summed E-state index contributed by atoms with van der Waals surface area (Å²) in [4.78, 5) is 14.9. The second-order valence-corrected chi connectivity index (χ2v) is 10.5. The first-order valence-electron chi connectivity index (χ1n) is 10.9. The van der Waals surface area contributed by atoms with Crippen molar-refractivity contribution in [2.45, 2.75) is 56.1 Å². The van der Waals surface area contributed by atoms with Crippen molar-refractivity contribution in [1.29, 1.82) is 0 Å². The van der Waals surface area contributed by atoms with Crippen molar-refractivity contribution < 1.29 is 13.2 Å². The molecule has 0 saturated heterocycles. The van der Waals surface area contributed by atoms with E-state index in [0.29, 0.717) is 12.1 Å². The molecule has 0 aromatic heterocycles. The zero-order valence-corrected chi connectivity index (χ0v) is 19.5. The third-order valence-corrected chi connectivity index (χ3v) is 7.85. The van der Waals surface area contributed by atoms with Crippen LogP contribution >= 0.6 is 0 Å². The van der Waals surface area contributed by atoms with E-state index >= 15 is 0 Å². The number of sulfonamides is 1. The highest BCUT2D eigenvalue weighted by Crippen LogP contribution is 2.26. The SMILES string of the molecule is CN(C)Cc1ccccc1CNC(=O)c1ccc(S(=O)(=O)N(C)C2CCCCC2)cc1. The van der Waals surface area contributed by atoms with E-state index in [1.807, 2.05) is 32.3 Å². The standard InChI is InChI=1S/C24H33N3O3S/c1-26(2)18-21-10-8-7-9-20(21)17-25-24(28)19-13-15-23(16-14-19)31(29,30)27(3)22-11-5-4-6-12-22/h7-10,13-16,22H,4-6,11-12,17-18H2,1-3H3,(H,25,28). The van der Waals surface area contributed by atoms with Crippen LogP contribution in [0.4, 0.5) is 0 Å². The minimum atomic E-state index is -3.56. The van der Waals surface area contributed by atoms with Crippen molar-refractivity contribution >= 4 is 15.9 Å². The number of carbonyl (C=O) groups is 1. The number of hydrogen-bond donors (Lipinski definition) is 1. The van der Waals surface area contributed by atoms with Gasteiger partial charge in [-0.15, -0.1) is 0 Å². The lowest BCUT2D eigenvalue weighted by Crippen LogP contribution is -2.38. The number of nitrogens with zero attached hydrogens (tertiary/aromatic N) is 2. The lowest BCUT2D eigenvalue weighted by molar-refractivity contribution is 0.0950. The molecule has 1 aliphatic carbocycles. The molecule has 0 bridgehead atoms. The zero-order chi connectivity index (χ0) is 22.4. The van der Waals surface area contributed by atoms with Crippen molar-refractivity contribution in [1.82, 2.24) is 14.5 Å². The van der Waals surface area contributed by atoms with E-state index in [-0.39, 0.29) is 16.8 Å². The maximum atomic E-state index is 13.0. The van der Waals surface area contributed by atoms with Crippen LogP contribution in [0, 0.1) is 0 Å². The topological polar surface area (TPSA) is 69.7 Å². The summed E-state index contributed by atoms with van der Waals surface area (Å²) in [6.45, 7) is 1.22. The van der Waals surface area contributed by atoms with E-state index in [0.717, 1.165) is 37.8 Å². The third-order valence-electron chi connectivity index (χ3n) is 5.93. The summed E-state index contributed by atoms with van der Waals surface area (Å²) in [5.74, 6) is -0.218. The molecule has 2 aromatic carbocycles. The van der Waals surface area contributed by atoms with E-state index in [1.165, 1.54) is 28.4 Å². The fraction of sp³-hybridized carbons (Fsp3) is 0.458. The molecule has 2 aromatic rings. The summed E-state index contributed by atoms with van der Waals surface area (Å²) in [6, 6.07) is 14.3. The van der Waals surface area contributed by atoms with E-state index in [9.17, 15) is 13.2 Å². The Balaban J connectivity index is 1.65. The monoisotopic (exact) mass is 443 g/mol. The van der Waals surface area contributed by atoms with Gasteiger partial charge >= 0.3 is 0 Å². The Morgan fingerprint density at radius 3 is 2.16 bits per heavy atom. The van der Waals surface area contributed by atoms with Crippen LogP contribution in [0.5, 0.6) is 0 Å². The molecule has 6 nitrogen and oxygen atoms in total. The minimum Gasteiger partial charge on any atom is -0.348 e. The average Bonchev–Trinajstić information content (AvgIpc) is 2.78. The van der Waals surface area contributed by atoms with Crippen molar-refractivity contribution in [3.05, 3.63) is 65.2 Å². The number of amides is 1. The zero-order valence-electron chi connectivity index (χ0n) is 18.7. The molecule has 7 heteroatoms. The number of hydrogen-bond acceptors (Lipinski definition) is 4. The van der Waals surface area contributed by atoms with E-state index in [1.54, 1.807) is 19.2 Å². The molecule has 0 atom stereocenters. The predicted octanol–water partition coefficient (Wildman–Crippen LogP) is 3.63. The lowest BCUT2D eigenvalue weighted by atomic mass is 9.96. The van der Waals surface area contributed by atoms with Gasteiger partial charge in [0.2, 0.25) is 10.0 Å². The van der Waals surface area contributed by atoms with Crippen LogP contribution in [0.1, 0.15) is 53.6 Å². The maximum Gasteiger partial charge on any atom is 0.251 e. The molecule has 3 rings (SSSR count). The van der Waals surface area contributed by atoms with Gasteiger partial charge in [0.1, 0.15) is 0 Å². The Morgan fingerprint density at radius 1 is 0.935 bits per heavy atom. The van der Waals surface area contributed by atoms with Crippen molar-refractivity contribution in [2.75, 3.05) is 21.1 Å². The second kappa shape index (κ2) is 10.4. The summed E-state index contributed by atoms with van der Waals surface area (Å²) in [6.07, 6.45) is 5.13. The van der Waals surface area contributed by atoms with Gasteiger partial charge in [-0.3, -0.25) is 4.79 Å². The molecule has 0 radical (unpaired) electrons. The Bertz CT molecular complexity index is 981. The number of benzene rings is 2. The number of nitrogens with one attached hydrogen (secondary N) is 1. The fourth-order valence-electron chi connectivity index (χ4n) is 4.09. The first-order valence-corrected chi connectivity index (χ1v) is 12.3. The first kappa shape index (κ1) is 23.4. The Hall–Kier alpha value is -2.22. The number of carbonyl (C=O) groups excluding carboxylic acids is 1. The summed E-state index contributed by atoms with van der Waals surface area (Å²) < 4.78 is 27.4. The maximum absolute atomic E-state index is 13.0. The van der Waals surface area contributed by atoms with Crippen LogP contribution in [0.3, 0.4) is 0 Å². The van der Waals surface area contributed by atoms with E-state index < -0.39 is 10.0 Å². The second-order valence-electron chi connectivity index (χ2n) is 8.53. The first-order chi connectivity index (χ1) is 14.8. The Labute approximate surface area is 186 Å². The Kier molecular flexibility index (Phi) is 7.86. The molecule has 1 amide bonds. The molecule has 1 saturated carbocycles. The van der Waals surface area contributed by atoms with Crippen LogP contribution in [-0.4, -0.2) is 50.7 Å². The van der Waals surface area contributed by atoms with Crippen LogP contribution in [0.25, 0.3) is 0 Å². The highest BCUT2D eigenvalue weighted by molar-refractivity contribution is 7.89. The molecule has 31 heavy (non-hydrogen) atoms. The van der Waals surface area contributed by atoms with Crippen LogP contribution in [0.15, 0.2) is 53.4 Å². The predicted molar refractivity (Wildman–Crippen MR) is 123 cm³/mol. The van der Waals surface area contributed by atoms with Crippen molar-refractivity contribution in [2.24, 2.45) is 0 Å². The lowest BCUT2D eigenvalue weighted by Gasteiger charge is -2.30. The highest BCUT2D eigenvalue weighted by Gasteiger charge is 2.29. The molecule has 0 spiro atoms. The summed E-state index contributed by atoms with van der Waals surface area (Å²) >= 11 is 0. The van der Waals surface area contributed by atoms with Gasteiger partial charge in [-0.05, 0) is 62.3 Å². The molecule has 1 N–H and O–H groups in total. The molecular weight excluding hydrogens is 410 g/mol. The highest BCUT2D eigenvalue weighted by atomic mass is 32.2. The van der Waals surface area contributed by atoms with Gasteiger partial charge in [0.25, 0.3) is 5.91 Å². The quantitative estimate of drug-likeness (QED) is 0.676. The van der Waals surface area contributed by atoms with Crippen molar-refractivity contribution in [3.8, 4) is 0 Å². The molecular formula is C24H33N3O3S. The summed E-state index contributed by atoms with van der Waals surface area (Å²) in [5.41, 5.74) is 2.68. The van der Waals surface area contributed by atoms with Crippen LogP contribution < -0.4 is 5.32 Å². The normalized spacial score (nSPS) is 15.4. The largest absolute Gasteiger partial charge is 0.348 e. The fourth-order valence-corrected chi connectivity index (χ4v) is 5.50. The van der Waals surface area contributed by atoms with Gasteiger partial charge in [-0.2, -0.15) is 4.31 Å². The van der Waals surface area contributed by atoms with Crippen molar-refractivity contribution in [3.63, 3.8) is 0 Å². The van der Waals surface area contributed by atoms with Gasteiger partial charge in [-0.1, -0.05) is 43.5 Å². The van der Waals surface area contributed by atoms with Crippen LogP contribution in [0.2, 0.25) is 0 Å². The Morgan fingerprint density at radius 2 is 1.55 bits per heavy atom.